The molecule has 0 saturated heterocycles. The van der Waals surface area contributed by atoms with Gasteiger partial charge in [0.2, 0.25) is 5.91 Å². The maximum atomic E-state index is 12.4. The topological polar surface area (TPSA) is 32.3 Å². The van der Waals surface area contributed by atoms with Gasteiger partial charge in [-0.1, -0.05) is 41.9 Å². The van der Waals surface area contributed by atoms with Crippen molar-refractivity contribution in [3.63, 3.8) is 0 Å². The molecule has 0 spiro atoms. The summed E-state index contributed by atoms with van der Waals surface area (Å²) >= 11 is 6.31. The number of carbonyl (C=O) groups excluding carboxylic acids is 1. The molecule has 0 aliphatic carbocycles. The summed E-state index contributed by atoms with van der Waals surface area (Å²) in [7, 11) is 0. The van der Waals surface area contributed by atoms with Crippen LogP contribution in [0.5, 0.6) is 0 Å². The van der Waals surface area contributed by atoms with Gasteiger partial charge in [-0.15, -0.1) is 0 Å². The van der Waals surface area contributed by atoms with Crippen LogP contribution in [0.4, 0.5) is 5.69 Å². The number of aryl methyl sites for hydroxylation is 1. The first-order chi connectivity index (χ1) is 10.1. The fourth-order valence-electron chi connectivity index (χ4n) is 2.58. The standard InChI is InChI=1S/C17H17ClN2O/c1-12-6-7-14(15(18)8-12)11-20-16-5-3-2-4-13(16)9-19-10-17(20)21/h2-8,19H,9-11H2,1H3. The number of hydrogen-bond donors (Lipinski definition) is 1. The van der Waals surface area contributed by atoms with E-state index in [-0.39, 0.29) is 5.91 Å². The van der Waals surface area contributed by atoms with Crippen LogP contribution < -0.4 is 10.2 Å². The number of anilines is 1. The fraction of sp³-hybridized carbons (Fsp3) is 0.235. The monoisotopic (exact) mass is 300 g/mol. The molecule has 2 aromatic carbocycles. The number of halogens is 1. The average molecular weight is 301 g/mol. The Kier molecular flexibility index (Phi) is 3.95. The molecule has 0 radical (unpaired) electrons. The van der Waals surface area contributed by atoms with E-state index in [0.717, 1.165) is 22.4 Å². The molecule has 108 valence electrons. The number of nitrogens with one attached hydrogen (secondary N) is 1. The summed E-state index contributed by atoms with van der Waals surface area (Å²) in [5, 5.41) is 3.87. The Morgan fingerprint density at radius 2 is 2.00 bits per heavy atom. The smallest absolute Gasteiger partial charge is 0.241 e. The third kappa shape index (κ3) is 2.94. The first-order valence-corrected chi connectivity index (χ1v) is 7.37. The van der Waals surface area contributed by atoms with E-state index >= 15 is 0 Å². The fourth-order valence-corrected chi connectivity index (χ4v) is 2.88. The predicted molar refractivity (Wildman–Crippen MR) is 85.5 cm³/mol. The number of carbonyl (C=O) groups is 1. The molecule has 0 saturated carbocycles. The molecule has 2 aromatic rings. The molecule has 1 aliphatic rings. The summed E-state index contributed by atoms with van der Waals surface area (Å²) in [4.78, 5) is 14.2. The van der Waals surface area contributed by atoms with Crippen LogP contribution in [0.2, 0.25) is 5.02 Å². The van der Waals surface area contributed by atoms with Crippen LogP contribution in [0, 0.1) is 6.92 Å². The molecule has 1 N–H and O–H groups in total. The summed E-state index contributed by atoms with van der Waals surface area (Å²) in [5.41, 5.74) is 4.18. The van der Waals surface area contributed by atoms with Gasteiger partial charge in [-0.3, -0.25) is 4.79 Å². The second kappa shape index (κ2) is 5.88. The van der Waals surface area contributed by atoms with E-state index in [4.69, 9.17) is 11.6 Å². The highest BCUT2D eigenvalue weighted by atomic mass is 35.5. The van der Waals surface area contributed by atoms with Crippen molar-refractivity contribution in [1.82, 2.24) is 5.32 Å². The number of para-hydroxylation sites is 1. The third-order valence-electron chi connectivity index (χ3n) is 3.71. The van der Waals surface area contributed by atoms with E-state index in [1.54, 1.807) is 0 Å². The van der Waals surface area contributed by atoms with Crippen LogP contribution in [-0.4, -0.2) is 12.5 Å². The zero-order valence-electron chi connectivity index (χ0n) is 11.9. The van der Waals surface area contributed by atoms with Gasteiger partial charge < -0.3 is 10.2 Å². The van der Waals surface area contributed by atoms with Crippen molar-refractivity contribution in [3.8, 4) is 0 Å². The second-order valence-electron chi connectivity index (χ2n) is 5.31. The third-order valence-corrected chi connectivity index (χ3v) is 4.06. The van der Waals surface area contributed by atoms with Crippen LogP contribution in [0.25, 0.3) is 0 Å². The molecule has 0 fully saturated rings. The lowest BCUT2D eigenvalue weighted by Crippen LogP contribution is -2.35. The van der Waals surface area contributed by atoms with Crippen molar-refractivity contribution in [2.75, 3.05) is 11.4 Å². The molecule has 0 bridgehead atoms. The summed E-state index contributed by atoms with van der Waals surface area (Å²) in [6, 6.07) is 13.9. The Balaban J connectivity index is 1.98. The Bertz CT molecular complexity index is 684. The van der Waals surface area contributed by atoms with Crippen molar-refractivity contribution in [2.45, 2.75) is 20.0 Å². The molecule has 4 heteroatoms. The number of hydrogen-bond acceptors (Lipinski definition) is 2. The highest BCUT2D eigenvalue weighted by Gasteiger charge is 2.22. The van der Waals surface area contributed by atoms with E-state index in [9.17, 15) is 4.79 Å². The maximum Gasteiger partial charge on any atom is 0.241 e. The molecular formula is C17H17ClN2O. The molecule has 21 heavy (non-hydrogen) atoms. The highest BCUT2D eigenvalue weighted by molar-refractivity contribution is 6.31. The zero-order valence-corrected chi connectivity index (χ0v) is 12.7. The van der Waals surface area contributed by atoms with Gasteiger partial charge in [-0.25, -0.2) is 0 Å². The number of amides is 1. The molecule has 0 unspecified atom stereocenters. The summed E-state index contributed by atoms with van der Waals surface area (Å²) in [6.45, 7) is 3.56. The van der Waals surface area contributed by atoms with Gasteiger partial charge in [-0.2, -0.15) is 0 Å². The van der Waals surface area contributed by atoms with Crippen LogP contribution in [0.15, 0.2) is 42.5 Å². The number of fused-ring (bicyclic) bond motifs is 1. The molecule has 0 aromatic heterocycles. The van der Waals surface area contributed by atoms with Crippen molar-refractivity contribution in [1.29, 1.82) is 0 Å². The Morgan fingerprint density at radius 3 is 2.81 bits per heavy atom. The normalized spacial score (nSPS) is 14.8. The van der Waals surface area contributed by atoms with Gasteiger partial charge >= 0.3 is 0 Å². The minimum Gasteiger partial charge on any atom is -0.307 e. The lowest BCUT2D eigenvalue weighted by Gasteiger charge is -2.23. The summed E-state index contributed by atoms with van der Waals surface area (Å²) in [5.74, 6) is 0.0663. The van der Waals surface area contributed by atoms with Crippen molar-refractivity contribution in [3.05, 3.63) is 64.2 Å². The van der Waals surface area contributed by atoms with E-state index < -0.39 is 0 Å². The quantitative estimate of drug-likeness (QED) is 0.923. The van der Waals surface area contributed by atoms with Crippen molar-refractivity contribution in [2.24, 2.45) is 0 Å². The average Bonchev–Trinajstić information content (AvgIpc) is 2.62. The molecule has 0 atom stereocenters. The molecule has 1 heterocycles. The van der Waals surface area contributed by atoms with E-state index in [0.29, 0.717) is 24.7 Å². The molecule has 3 rings (SSSR count). The van der Waals surface area contributed by atoms with Gasteiger partial charge in [0.05, 0.1) is 13.1 Å². The van der Waals surface area contributed by atoms with Crippen LogP contribution >= 0.6 is 11.6 Å². The van der Waals surface area contributed by atoms with E-state index in [1.807, 2.05) is 54.3 Å². The maximum absolute atomic E-state index is 12.4. The Morgan fingerprint density at radius 1 is 1.19 bits per heavy atom. The lowest BCUT2D eigenvalue weighted by atomic mass is 10.1. The van der Waals surface area contributed by atoms with Gasteiger partial charge in [0.25, 0.3) is 0 Å². The molecule has 1 aliphatic heterocycles. The molecular weight excluding hydrogens is 284 g/mol. The summed E-state index contributed by atoms with van der Waals surface area (Å²) < 4.78 is 0. The van der Waals surface area contributed by atoms with Crippen molar-refractivity contribution < 1.29 is 4.79 Å². The highest BCUT2D eigenvalue weighted by Crippen LogP contribution is 2.27. The van der Waals surface area contributed by atoms with E-state index in [1.165, 1.54) is 0 Å². The first-order valence-electron chi connectivity index (χ1n) is 6.99. The minimum atomic E-state index is 0.0663. The lowest BCUT2D eigenvalue weighted by molar-refractivity contribution is -0.117. The van der Waals surface area contributed by atoms with Crippen LogP contribution in [0.1, 0.15) is 16.7 Å². The van der Waals surface area contributed by atoms with Gasteiger partial charge in [0.15, 0.2) is 0 Å². The number of rotatable bonds is 2. The Labute approximate surface area is 129 Å². The SMILES string of the molecule is Cc1ccc(CN2C(=O)CNCc3ccccc32)c(Cl)c1. The van der Waals surface area contributed by atoms with Gasteiger partial charge in [0.1, 0.15) is 0 Å². The minimum absolute atomic E-state index is 0.0663. The second-order valence-corrected chi connectivity index (χ2v) is 5.71. The number of nitrogens with zero attached hydrogens (tertiary/aromatic N) is 1. The predicted octanol–water partition coefficient (Wildman–Crippen LogP) is 3.28. The summed E-state index contributed by atoms with van der Waals surface area (Å²) in [6.07, 6.45) is 0. The molecule has 1 amide bonds. The van der Waals surface area contributed by atoms with Crippen LogP contribution in [0.3, 0.4) is 0 Å². The Hall–Kier alpha value is -1.84. The van der Waals surface area contributed by atoms with Gasteiger partial charge in [0, 0.05) is 17.3 Å². The number of benzene rings is 2. The molecule has 3 nitrogen and oxygen atoms in total. The van der Waals surface area contributed by atoms with E-state index in [2.05, 4.69) is 5.32 Å². The first kappa shape index (κ1) is 14.1. The van der Waals surface area contributed by atoms with Crippen LogP contribution in [-0.2, 0) is 17.9 Å². The van der Waals surface area contributed by atoms with Crippen molar-refractivity contribution >= 4 is 23.2 Å². The largest absolute Gasteiger partial charge is 0.307 e. The van der Waals surface area contributed by atoms with Gasteiger partial charge in [-0.05, 0) is 35.7 Å². The zero-order chi connectivity index (χ0) is 14.8.